The van der Waals surface area contributed by atoms with Crippen LogP contribution in [0.4, 0.5) is 0 Å². The van der Waals surface area contributed by atoms with Gasteiger partial charge in [-0.15, -0.1) is 11.3 Å². The average Bonchev–Trinajstić information content (AvgIpc) is 2.31. The minimum Gasteiger partial charge on any atom is -0.235 e. The predicted molar refractivity (Wildman–Crippen MR) is 47.9 cm³/mol. The van der Waals surface area contributed by atoms with Crippen LogP contribution >= 0.6 is 23.1 Å². The number of rotatable bonds is 3. The lowest BCUT2D eigenvalue weighted by Crippen LogP contribution is -1.74. The average molecular weight is 173 g/mol. The molecule has 1 rings (SSSR count). The van der Waals surface area contributed by atoms with E-state index in [0.29, 0.717) is 0 Å². The first-order chi connectivity index (χ1) is 4.83. The van der Waals surface area contributed by atoms with E-state index in [1.54, 1.807) is 11.3 Å². The number of thiazole rings is 1. The predicted octanol–water partition coefficient (Wildman–Crippen LogP) is 2.95. The van der Waals surface area contributed by atoms with E-state index in [4.69, 9.17) is 0 Å². The van der Waals surface area contributed by atoms with Gasteiger partial charge in [-0.1, -0.05) is 18.7 Å². The molecule has 1 aromatic heterocycles. The second kappa shape index (κ2) is 3.98. The second-order valence-electron chi connectivity index (χ2n) is 2.10. The fraction of sp³-hybridized carbons (Fsp3) is 0.571. The minimum absolute atomic E-state index is 1.14. The van der Waals surface area contributed by atoms with Crippen molar-refractivity contribution in [1.29, 1.82) is 0 Å². The fourth-order valence-corrected chi connectivity index (χ4v) is 2.36. The number of thioether (sulfide) groups is 1. The summed E-state index contributed by atoms with van der Waals surface area (Å²) in [7, 11) is 0. The lowest BCUT2D eigenvalue weighted by molar-refractivity contribution is 1.09. The Labute approximate surface area is 69.9 Å². The van der Waals surface area contributed by atoms with Crippen LogP contribution in [0.3, 0.4) is 0 Å². The summed E-state index contributed by atoms with van der Waals surface area (Å²) in [6.45, 7) is 4.22. The van der Waals surface area contributed by atoms with Crippen LogP contribution in [0.5, 0.6) is 0 Å². The summed E-state index contributed by atoms with van der Waals surface area (Å²) in [6.07, 6.45) is 1.23. The van der Waals surface area contributed by atoms with Gasteiger partial charge in [0.15, 0.2) is 0 Å². The summed E-state index contributed by atoms with van der Waals surface area (Å²) < 4.78 is 1.21. The largest absolute Gasteiger partial charge is 0.235 e. The molecule has 0 N–H and O–H groups in total. The molecular weight excluding hydrogens is 162 g/mol. The van der Waals surface area contributed by atoms with E-state index in [1.807, 2.05) is 18.7 Å². The molecule has 1 nitrogen and oxygen atoms in total. The van der Waals surface area contributed by atoms with Gasteiger partial charge in [0.2, 0.25) is 0 Å². The highest BCUT2D eigenvalue weighted by Gasteiger charge is 1.96. The summed E-state index contributed by atoms with van der Waals surface area (Å²) in [5, 5.41) is 2.10. The third kappa shape index (κ3) is 2.31. The van der Waals surface area contributed by atoms with E-state index in [2.05, 4.69) is 17.3 Å². The van der Waals surface area contributed by atoms with Crippen molar-refractivity contribution in [3.63, 3.8) is 0 Å². The Bertz CT molecular complexity index is 195. The molecule has 0 aliphatic rings. The normalized spacial score (nSPS) is 10.2. The molecule has 1 aromatic rings. The molecule has 0 aliphatic carbocycles. The maximum Gasteiger partial charge on any atom is 0.150 e. The molecule has 0 bridgehead atoms. The van der Waals surface area contributed by atoms with Gasteiger partial charge in [-0.2, -0.15) is 0 Å². The van der Waals surface area contributed by atoms with Crippen molar-refractivity contribution < 1.29 is 0 Å². The molecule has 0 radical (unpaired) electrons. The van der Waals surface area contributed by atoms with E-state index in [0.717, 1.165) is 5.69 Å². The third-order valence-electron chi connectivity index (χ3n) is 1.03. The molecule has 0 aromatic carbocycles. The lowest BCUT2D eigenvalue weighted by atomic mass is 10.6. The summed E-state index contributed by atoms with van der Waals surface area (Å²) in [5.41, 5.74) is 1.14. The van der Waals surface area contributed by atoms with Crippen molar-refractivity contribution in [3.8, 4) is 0 Å². The molecular formula is C7H11NS2. The molecule has 0 atom stereocenters. The Morgan fingerprint density at radius 1 is 1.70 bits per heavy atom. The minimum atomic E-state index is 1.14. The van der Waals surface area contributed by atoms with Crippen molar-refractivity contribution in [2.45, 2.75) is 24.6 Å². The summed E-state index contributed by atoms with van der Waals surface area (Å²) >= 11 is 3.59. The standard InChI is InChI=1S/C7H11NS2/c1-3-4-9-7-8-6(2)5-10-7/h5H,3-4H2,1-2H3. The molecule has 3 heteroatoms. The van der Waals surface area contributed by atoms with Crippen LogP contribution in [-0.4, -0.2) is 10.7 Å². The van der Waals surface area contributed by atoms with Gasteiger partial charge in [-0.3, -0.25) is 0 Å². The Morgan fingerprint density at radius 3 is 3.00 bits per heavy atom. The molecule has 1 heterocycles. The number of nitrogens with zero attached hydrogens (tertiary/aromatic N) is 1. The van der Waals surface area contributed by atoms with Crippen molar-refractivity contribution in [1.82, 2.24) is 4.98 Å². The summed E-state index contributed by atoms with van der Waals surface area (Å²) in [6, 6.07) is 0. The van der Waals surface area contributed by atoms with Crippen molar-refractivity contribution in [3.05, 3.63) is 11.1 Å². The van der Waals surface area contributed by atoms with Gasteiger partial charge in [0.25, 0.3) is 0 Å². The highest BCUT2D eigenvalue weighted by Crippen LogP contribution is 2.22. The zero-order chi connectivity index (χ0) is 7.40. The van der Waals surface area contributed by atoms with Gasteiger partial charge in [-0.25, -0.2) is 4.98 Å². The van der Waals surface area contributed by atoms with Crippen LogP contribution in [0.2, 0.25) is 0 Å². The first-order valence-electron chi connectivity index (χ1n) is 3.38. The molecule has 10 heavy (non-hydrogen) atoms. The third-order valence-corrected chi connectivity index (χ3v) is 3.37. The maximum atomic E-state index is 4.33. The Morgan fingerprint density at radius 2 is 2.50 bits per heavy atom. The first kappa shape index (κ1) is 8.08. The number of aryl methyl sites for hydroxylation is 1. The molecule has 0 saturated carbocycles. The van der Waals surface area contributed by atoms with Crippen molar-refractivity contribution >= 4 is 23.1 Å². The number of aromatic nitrogens is 1. The molecule has 0 amide bonds. The van der Waals surface area contributed by atoms with Gasteiger partial charge in [0.05, 0.1) is 0 Å². The van der Waals surface area contributed by atoms with E-state index in [1.165, 1.54) is 16.5 Å². The van der Waals surface area contributed by atoms with Gasteiger partial charge in [0.1, 0.15) is 4.34 Å². The molecule has 0 saturated heterocycles. The van der Waals surface area contributed by atoms with Gasteiger partial charge < -0.3 is 0 Å². The highest BCUT2D eigenvalue weighted by molar-refractivity contribution is 8.00. The zero-order valence-electron chi connectivity index (χ0n) is 6.26. The van der Waals surface area contributed by atoms with Crippen LogP contribution < -0.4 is 0 Å². The smallest absolute Gasteiger partial charge is 0.150 e. The first-order valence-corrected chi connectivity index (χ1v) is 5.24. The monoisotopic (exact) mass is 173 g/mol. The SMILES string of the molecule is CCCSc1nc(C)cs1. The quantitative estimate of drug-likeness (QED) is 0.652. The zero-order valence-corrected chi connectivity index (χ0v) is 7.89. The number of hydrogen-bond acceptors (Lipinski definition) is 3. The lowest BCUT2D eigenvalue weighted by Gasteiger charge is -1.89. The van der Waals surface area contributed by atoms with E-state index in [9.17, 15) is 0 Å². The van der Waals surface area contributed by atoms with Gasteiger partial charge >= 0.3 is 0 Å². The Balaban J connectivity index is 2.42. The molecule has 0 spiro atoms. The van der Waals surface area contributed by atoms with Gasteiger partial charge in [0, 0.05) is 16.8 Å². The van der Waals surface area contributed by atoms with Crippen LogP contribution in [-0.2, 0) is 0 Å². The maximum absolute atomic E-state index is 4.33. The van der Waals surface area contributed by atoms with Crippen LogP contribution in [0.15, 0.2) is 9.72 Å². The topological polar surface area (TPSA) is 12.9 Å². The number of hydrogen-bond donors (Lipinski definition) is 0. The second-order valence-corrected chi connectivity index (χ2v) is 4.30. The molecule has 56 valence electrons. The molecule has 0 fully saturated rings. The van der Waals surface area contributed by atoms with Crippen LogP contribution in [0, 0.1) is 6.92 Å². The Hall–Kier alpha value is -0.0200. The summed E-state index contributed by atoms with van der Waals surface area (Å²) in [5.74, 6) is 1.19. The van der Waals surface area contributed by atoms with Crippen molar-refractivity contribution in [2.24, 2.45) is 0 Å². The highest BCUT2D eigenvalue weighted by atomic mass is 32.2. The summed E-state index contributed by atoms with van der Waals surface area (Å²) in [4.78, 5) is 4.33. The molecule has 0 aliphatic heterocycles. The molecule has 0 unspecified atom stereocenters. The van der Waals surface area contributed by atoms with E-state index >= 15 is 0 Å². The van der Waals surface area contributed by atoms with E-state index in [-0.39, 0.29) is 0 Å². The fourth-order valence-electron chi connectivity index (χ4n) is 0.588. The Kier molecular flexibility index (Phi) is 3.22. The van der Waals surface area contributed by atoms with Crippen molar-refractivity contribution in [2.75, 3.05) is 5.75 Å². The van der Waals surface area contributed by atoms with E-state index < -0.39 is 0 Å². The van der Waals surface area contributed by atoms with Crippen LogP contribution in [0.1, 0.15) is 19.0 Å². The van der Waals surface area contributed by atoms with Crippen LogP contribution in [0.25, 0.3) is 0 Å². The van der Waals surface area contributed by atoms with Gasteiger partial charge in [-0.05, 0) is 13.3 Å².